The number of hydrogen-bond acceptors (Lipinski definition) is 2. The highest BCUT2D eigenvalue weighted by molar-refractivity contribution is 7.13. The molecule has 0 N–H and O–H groups in total. The average molecular weight is 219 g/mol. The van der Waals surface area contributed by atoms with Crippen LogP contribution in [0.4, 0.5) is 4.39 Å². The summed E-state index contributed by atoms with van der Waals surface area (Å²) in [5.41, 5.74) is 1.63. The van der Waals surface area contributed by atoms with E-state index in [1.54, 1.807) is 36.6 Å². The molecular weight excluding hydrogens is 209 g/mol. The summed E-state index contributed by atoms with van der Waals surface area (Å²) in [5, 5.41) is 2.89. The second-order valence-electron chi connectivity index (χ2n) is 3.05. The van der Waals surface area contributed by atoms with E-state index in [2.05, 4.69) is 4.98 Å². The normalized spacial score (nSPS) is 11.7. The standard InChI is InChI=1S/C12H10FNS/c1-2-11(13)9-3-5-10(6-4-9)12-14-7-8-15-12/h2-8H,1H3/b11-2+. The van der Waals surface area contributed by atoms with Crippen LogP contribution in [0, 0.1) is 0 Å². The van der Waals surface area contributed by atoms with Crippen molar-refractivity contribution in [3.8, 4) is 10.6 Å². The van der Waals surface area contributed by atoms with Crippen molar-refractivity contribution in [2.24, 2.45) is 0 Å². The van der Waals surface area contributed by atoms with Gasteiger partial charge >= 0.3 is 0 Å². The van der Waals surface area contributed by atoms with Gasteiger partial charge in [-0.15, -0.1) is 11.3 Å². The molecule has 0 unspecified atom stereocenters. The van der Waals surface area contributed by atoms with Crippen molar-refractivity contribution in [2.75, 3.05) is 0 Å². The number of aromatic nitrogens is 1. The fourth-order valence-corrected chi connectivity index (χ4v) is 1.95. The molecular formula is C12H10FNS. The number of rotatable bonds is 2. The number of nitrogens with zero attached hydrogens (tertiary/aromatic N) is 1. The van der Waals surface area contributed by atoms with Crippen LogP contribution in [0.2, 0.25) is 0 Å². The molecule has 0 bridgehead atoms. The number of hydrogen-bond donors (Lipinski definition) is 0. The Kier molecular flexibility index (Phi) is 2.92. The average Bonchev–Trinajstić information content (AvgIpc) is 2.82. The van der Waals surface area contributed by atoms with Crippen LogP contribution in [0.15, 0.2) is 41.9 Å². The van der Waals surface area contributed by atoms with Gasteiger partial charge in [0.05, 0.1) is 0 Å². The molecule has 2 rings (SSSR count). The Morgan fingerprint density at radius 2 is 2.07 bits per heavy atom. The van der Waals surface area contributed by atoms with Gasteiger partial charge in [0.15, 0.2) is 0 Å². The van der Waals surface area contributed by atoms with Crippen LogP contribution in [0.5, 0.6) is 0 Å². The second kappa shape index (κ2) is 4.36. The molecule has 1 nitrogen and oxygen atoms in total. The first-order chi connectivity index (χ1) is 7.31. The Labute approximate surface area is 91.9 Å². The minimum atomic E-state index is -0.194. The van der Waals surface area contributed by atoms with E-state index in [0.717, 1.165) is 10.6 Å². The van der Waals surface area contributed by atoms with Gasteiger partial charge in [-0.1, -0.05) is 30.3 Å². The van der Waals surface area contributed by atoms with E-state index < -0.39 is 0 Å². The summed E-state index contributed by atoms with van der Waals surface area (Å²) < 4.78 is 13.2. The molecule has 0 aliphatic heterocycles. The minimum absolute atomic E-state index is 0.194. The molecule has 0 fully saturated rings. The SMILES string of the molecule is C/C=C(/F)c1ccc(-c2nccs2)cc1. The molecule has 1 aromatic carbocycles. The van der Waals surface area contributed by atoms with E-state index in [9.17, 15) is 4.39 Å². The quantitative estimate of drug-likeness (QED) is 0.739. The summed E-state index contributed by atoms with van der Waals surface area (Å²) in [4.78, 5) is 4.19. The van der Waals surface area contributed by atoms with Gasteiger partial charge in [-0.3, -0.25) is 0 Å². The van der Waals surface area contributed by atoms with Crippen molar-refractivity contribution < 1.29 is 4.39 Å². The molecule has 0 atom stereocenters. The zero-order valence-electron chi connectivity index (χ0n) is 8.27. The smallest absolute Gasteiger partial charge is 0.126 e. The first-order valence-corrected chi connectivity index (χ1v) is 5.51. The van der Waals surface area contributed by atoms with Crippen molar-refractivity contribution in [1.29, 1.82) is 0 Å². The summed E-state index contributed by atoms with van der Waals surface area (Å²) >= 11 is 1.58. The monoisotopic (exact) mass is 219 g/mol. The van der Waals surface area contributed by atoms with Gasteiger partial charge in [-0.05, 0) is 6.92 Å². The van der Waals surface area contributed by atoms with E-state index in [-0.39, 0.29) is 5.83 Å². The van der Waals surface area contributed by atoms with Crippen molar-refractivity contribution in [3.05, 3.63) is 47.5 Å². The highest BCUT2D eigenvalue weighted by Gasteiger charge is 2.02. The first kappa shape index (κ1) is 10.1. The van der Waals surface area contributed by atoms with Crippen molar-refractivity contribution >= 4 is 17.2 Å². The summed E-state index contributed by atoms with van der Waals surface area (Å²) in [6, 6.07) is 7.31. The zero-order chi connectivity index (χ0) is 10.7. The fourth-order valence-electron chi connectivity index (χ4n) is 1.30. The van der Waals surface area contributed by atoms with Gasteiger partial charge in [-0.2, -0.15) is 0 Å². The lowest BCUT2D eigenvalue weighted by Gasteiger charge is -1.99. The van der Waals surface area contributed by atoms with Gasteiger partial charge in [0, 0.05) is 22.7 Å². The predicted octanol–water partition coefficient (Wildman–Crippen LogP) is 4.14. The summed E-state index contributed by atoms with van der Waals surface area (Å²) in [6.07, 6.45) is 3.22. The van der Waals surface area contributed by atoms with Gasteiger partial charge in [-0.25, -0.2) is 9.37 Å². The van der Waals surface area contributed by atoms with Gasteiger partial charge < -0.3 is 0 Å². The predicted molar refractivity (Wildman–Crippen MR) is 62.3 cm³/mol. The lowest BCUT2D eigenvalue weighted by Crippen LogP contribution is -1.79. The molecule has 2 aromatic rings. The first-order valence-electron chi connectivity index (χ1n) is 4.63. The summed E-state index contributed by atoms with van der Waals surface area (Å²) in [5.74, 6) is -0.194. The highest BCUT2D eigenvalue weighted by atomic mass is 32.1. The second-order valence-corrected chi connectivity index (χ2v) is 3.95. The molecule has 3 heteroatoms. The highest BCUT2D eigenvalue weighted by Crippen LogP contribution is 2.24. The largest absolute Gasteiger partial charge is 0.245 e. The number of thiazole rings is 1. The maximum Gasteiger partial charge on any atom is 0.126 e. The molecule has 0 radical (unpaired) electrons. The molecule has 1 aromatic heterocycles. The maximum atomic E-state index is 13.2. The van der Waals surface area contributed by atoms with Gasteiger partial charge in [0.1, 0.15) is 10.8 Å². The lowest BCUT2D eigenvalue weighted by molar-refractivity contribution is 0.758. The van der Waals surface area contributed by atoms with Crippen molar-refractivity contribution in [3.63, 3.8) is 0 Å². The van der Waals surface area contributed by atoms with E-state index in [4.69, 9.17) is 0 Å². The van der Waals surface area contributed by atoms with E-state index in [1.807, 2.05) is 17.5 Å². The molecule has 76 valence electrons. The Bertz CT molecular complexity index is 457. The van der Waals surface area contributed by atoms with Crippen LogP contribution in [0.3, 0.4) is 0 Å². The number of allylic oxidation sites excluding steroid dienone is 1. The molecule has 0 aliphatic rings. The minimum Gasteiger partial charge on any atom is -0.245 e. The van der Waals surface area contributed by atoms with Crippen LogP contribution in [-0.2, 0) is 0 Å². The third-order valence-electron chi connectivity index (χ3n) is 2.09. The molecule has 1 heterocycles. The van der Waals surface area contributed by atoms with E-state index in [1.165, 1.54) is 6.08 Å². The van der Waals surface area contributed by atoms with E-state index in [0.29, 0.717) is 5.56 Å². The number of halogens is 1. The summed E-state index contributed by atoms with van der Waals surface area (Å²) in [7, 11) is 0. The third-order valence-corrected chi connectivity index (χ3v) is 2.92. The third kappa shape index (κ3) is 2.13. The van der Waals surface area contributed by atoms with Crippen molar-refractivity contribution in [1.82, 2.24) is 4.98 Å². The Balaban J connectivity index is 2.33. The lowest BCUT2D eigenvalue weighted by atomic mass is 10.1. The van der Waals surface area contributed by atoms with E-state index >= 15 is 0 Å². The topological polar surface area (TPSA) is 12.9 Å². The van der Waals surface area contributed by atoms with Crippen LogP contribution >= 0.6 is 11.3 Å². The van der Waals surface area contributed by atoms with Gasteiger partial charge in [0.2, 0.25) is 0 Å². The Hall–Kier alpha value is -1.48. The molecule has 0 aliphatic carbocycles. The van der Waals surface area contributed by atoms with Gasteiger partial charge in [0.25, 0.3) is 0 Å². The number of benzene rings is 1. The molecule has 0 spiro atoms. The fraction of sp³-hybridized carbons (Fsp3) is 0.0833. The summed E-state index contributed by atoms with van der Waals surface area (Å²) in [6.45, 7) is 1.68. The Morgan fingerprint density at radius 3 is 2.60 bits per heavy atom. The maximum absolute atomic E-state index is 13.2. The van der Waals surface area contributed by atoms with Crippen LogP contribution in [0.1, 0.15) is 12.5 Å². The molecule has 0 amide bonds. The van der Waals surface area contributed by atoms with Crippen LogP contribution < -0.4 is 0 Å². The molecule has 0 saturated carbocycles. The van der Waals surface area contributed by atoms with Crippen molar-refractivity contribution in [2.45, 2.75) is 6.92 Å². The molecule has 0 saturated heterocycles. The van der Waals surface area contributed by atoms with Crippen LogP contribution in [0.25, 0.3) is 16.4 Å². The molecule has 15 heavy (non-hydrogen) atoms. The Morgan fingerprint density at radius 1 is 1.33 bits per heavy atom. The zero-order valence-corrected chi connectivity index (χ0v) is 9.09. The van der Waals surface area contributed by atoms with Crippen LogP contribution in [-0.4, -0.2) is 4.98 Å².